The smallest absolute Gasteiger partial charge is 0.317 e. The number of hydrogen-bond donors (Lipinski definition) is 1. The van der Waals surface area contributed by atoms with Crippen LogP contribution in [0.5, 0.6) is 0 Å². The summed E-state index contributed by atoms with van der Waals surface area (Å²) in [4.78, 5) is 12.4. The van der Waals surface area contributed by atoms with Crippen LogP contribution in [0.25, 0.3) is 0 Å². The predicted molar refractivity (Wildman–Crippen MR) is 65.9 cm³/mol. The van der Waals surface area contributed by atoms with E-state index in [1.54, 1.807) is 6.92 Å². The maximum atomic E-state index is 13.2. The van der Waals surface area contributed by atoms with Gasteiger partial charge in [0.1, 0.15) is 5.82 Å². The number of nitrogens with one attached hydrogen (secondary N) is 1. The molecule has 0 aromatic heterocycles. The molecule has 0 saturated carbocycles. The van der Waals surface area contributed by atoms with E-state index >= 15 is 0 Å². The van der Waals surface area contributed by atoms with Crippen molar-refractivity contribution in [2.75, 3.05) is 13.1 Å². The molecule has 0 aliphatic carbocycles. The van der Waals surface area contributed by atoms with Crippen LogP contribution in [0, 0.1) is 11.2 Å². The molecule has 1 aliphatic heterocycles. The molecular weight excluding hydrogens is 274 g/mol. The summed E-state index contributed by atoms with van der Waals surface area (Å²) in [6.07, 6.45) is -3.68. The fraction of sp³-hybridized carbons (Fsp3) is 0.500. The lowest BCUT2D eigenvalue weighted by Gasteiger charge is -2.32. The molecule has 1 saturated heterocycles. The number of Topliss-reactive ketones (excluding diaryl/α,β-unsaturated/α-hetero) is 1. The van der Waals surface area contributed by atoms with Gasteiger partial charge in [-0.15, -0.1) is 0 Å². The number of benzene rings is 1. The Balaban J connectivity index is 2.36. The third-order valence-electron chi connectivity index (χ3n) is 3.79. The van der Waals surface area contributed by atoms with E-state index in [0.29, 0.717) is 38.1 Å². The highest BCUT2D eigenvalue weighted by atomic mass is 19.4. The minimum absolute atomic E-state index is 0.0804. The quantitative estimate of drug-likeness (QED) is 0.667. The Morgan fingerprint density at radius 1 is 1.25 bits per heavy atom. The van der Waals surface area contributed by atoms with Crippen molar-refractivity contribution in [3.8, 4) is 0 Å². The third-order valence-corrected chi connectivity index (χ3v) is 3.79. The van der Waals surface area contributed by atoms with Crippen molar-refractivity contribution in [1.82, 2.24) is 5.32 Å². The van der Waals surface area contributed by atoms with Crippen molar-refractivity contribution < 1.29 is 22.4 Å². The maximum absolute atomic E-state index is 13.2. The average molecular weight is 289 g/mol. The lowest BCUT2D eigenvalue weighted by molar-refractivity contribution is -0.140. The lowest BCUT2D eigenvalue weighted by atomic mass is 9.75. The Bertz CT molecular complexity index is 518. The summed E-state index contributed by atoms with van der Waals surface area (Å²) in [6.45, 7) is 3.04. The molecule has 0 spiro atoms. The van der Waals surface area contributed by atoms with E-state index < -0.39 is 23.0 Å². The van der Waals surface area contributed by atoms with E-state index in [1.165, 1.54) is 0 Å². The number of hydrogen-bond acceptors (Lipinski definition) is 2. The van der Waals surface area contributed by atoms with E-state index in [1.807, 2.05) is 0 Å². The molecule has 0 amide bonds. The lowest BCUT2D eigenvalue weighted by Crippen LogP contribution is -2.40. The fourth-order valence-corrected chi connectivity index (χ4v) is 2.44. The van der Waals surface area contributed by atoms with Crippen molar-refractivity contribution >= 4 is 5.78 Å². The largest absolute Gasteiger partial charge is 0.419 e. The molecule has 0 atom stereocenters. The molecule has 1 fully saturated rings. The molecular formula is C14H15F4NO. The van der Waals surface area contributed by atoms with Gasteiger partial charge in [0.05, 0.1) is 5.56 Å². The second-order valence-corrected chi connectivity index (χ2v) is 5.33. The fourth-order valence-electron chi connectivity index (χ4n) is 2.44. The van der Waals surface area contributed by atoms with Crippen molar-refractivity contribution in [1.29, 1.82) is 0 Å². The standard InChI is InChI=1S/C14H15F4NO/c1-13(4-6-19-7-5-13)12(20)9-2-3-11(15)10(8-9)14(16,17)18/h2-3,8,19H,4-7H2,1H3. The number of halogens is 4. The van der Waals surface area contributed by atoms with Crippen LogP contribution in [0.1, 0.15) is 35.7 Å². The Kier molecular flexibility index (Phi) is 3.86. The van der Waals surface area contributed by atoms with Gasteiger partial charge in [0.25, 0.3) is 0 Å². The van der Waals surface area contributed by atoms with Gasteiger partial charge >= 0.3 is 6.18 Å². The summed E-state index contributed by atoms with van der Waals surface area (Å²) in [5, 5.41) is 3.10. The van der Waals surface area contributed by atoms with E-state index in [4.69, 9.17) is 0 Å². The minimum atomic E-state index is -4.80. The molecule has 20 heavy (non-hydrogen) atoms. The van der Waals surface area contributed by atoms with Crippen LogP contribution in [0.15, 0.2) is 18.2 Å². The first-order chi connectivity index (χ1) is 9.24. The van der Waals surface area contributed by atoms with Crippen LogP contribution in [0.3, 0.4) is 0 Å². The highest BCUT2D eigenvalue weighted by Crippen LogP contribution is 2.36. The van der Waals surface area contributed by atoms with Crippen molar-refractivity contribution in [3.63, 3.8) is 0 Å². The van der Waals surface area contributed by atoms with Crippen LogP contribution >= 0.6 is 0 Å². The zero-order chi connectivity index (χ0) is 15.0. The van der Waals surface area contributed by atoms with E-state index in [-0.39, 0.29) is 11.3 Å². The molecule has 0 bridgehead atoms. The molecule has 2 rings (SSSR count). The SMILES string of the molecule is CC1(C(=O)c2ccc(F)c(C(F)(F)F)c2)CCNCC1. The van der Waals surface area contributed by atoms with Gasteiger partial charge in [-0.25, -0.2) is 4.39 Å². The van der Waals surface area contributed by atoms with Gasteiger partial charge in [0, 0.05) is 11.0 Å². The van der Waals surface area contributed by atoms with Gasteiger partial charge in [-0.1, -0.05) is 6.92 Å². The Hall–Kier alpha value is -1.43. The zero-order valence-electron chi connectivity index (χ0n) is 11.0. The summed E-state index contributed by atoms with van der Waals surface area (Å²) in [6, 6.07) is 2.45. The average Bonchev–Trinajstić information content (AvgIpc) is 2.38. The predicted octanol–water partition coefficient (Wildman–Crippen LogP) is 3.42. The summed E-state index contributed by atoms with van der Waals surface area (Å²) >= 11 is 0. The van der Waals surface area contributed by atoms with Gasteiger partial charge < -0.3 is 5.32 Å². The van der Waals surface area contributed by atoms with Crippen molar-refractivity contribution in [3.05, 3.63) is 35.1 Å². The second kappa shape index (κ2) is 5.16. The second-order valence-electron chi connectivity index (χ2n) is 5.33. The van der Waals surface area contributed by atoms with Crippen LogP contribution < -0.4 is 5.32 Å². The molecule has 110 valence electrons. The molecule has 1 N–H and O–H groups in total. The zero-order valence-corrected chi connectivity index (χ0v) is 11.0. The van der Waals surface area contributed by atoms with E-state index in [9.17, 15) is 22.4 Å². The van der Waals surface area contributed by atoms with Gasteiger partial charge in [-0.3, -0.25) is 4.79 Å². The molecule has 0 radical (unpaired) electrons. The normalized spacial score (nSPS) is 18.9. The monoisotopic (exact) mass is 289 g/mol. The maximum Gasteiger partial charge on any atom is 0.419 e. The summed E-state index contributed by atoms with van der Waals surface area (Å²) in [5.41, 5.74) is -2.16. The summed E-state index contributed by atoms with van der Waals surface area (Å²) in [5.74, 6) is -1.71. The highest BCUT2D eigenvalue weighted by molar-refractivity contribution is 6.00. The number of carbonyl (C=O) groups excluding carboxylic acids is 1. The third kappa shape index (κ3) is 2.85. The van der Waals surface area contributed by atoms with Crippen molar-refractivity contribution in [2.45, 2.75) is 25.9 Å². The number of alkyl halides is 3. The van der Waals surface area contributed by atoms with Crippen LogP contribution in [-0.4, -0.2) is 18.9 Å². The van der Waals surface area contributed by atoms with Gasteiger partial charge in [0.2, 0.25) is 0 Å². The van der Waals surface area contributed by atoms with Crippen LogP contribution in [0.4, 0.5) is 17.6 Å². The first-order valence-electron chi connectivity index (χ1n) is 6.36. The van der Waals surface area contributed by atoms with Gasteiger partial charge in [0.15, 0.2) is 5.78 Å². The topological polar surface area (TPSA) is 29.1 Å². The number of piperidine rings is 1. The van der Waals surface area contributed by atoms with Gasteiger partial charge in [-0.05, 0) is 44.1 Å². The molecule has 1 heterocycles. The highest BCUT2D eigenvalue weighted by Gasteiger charge is 2.38. The van der Waals surface area contributed by atoms with Crippen LogP contribution in [-0.2, 0) is 6.18 Å². The number of ketones is 1. The Morgan fingerprint density at radius 2 is 1.85 bits per heavy atom. The first kappa shape index (κ1) is 15.0. The molecule has 0 unspecified atom stereocenters. The molecule has 1 aromatic rings. The molecule has 1 aliphatic rings. The number of carbonyl (C=O) groups is 1. The first-order valence-corrected chi connectivity index (χ1v) is 6.36. The molecule has 6 heteroatoms. The minimum Gasteiger partial charge on any atom is -0.317 e. The molecule has 1 aromatic carbocycles. The van der Waals surface area contributed by atoms with E-state index in [0.717, 1.165) is 6.07 Å². The Labute approximate surface area is 114 Å². The Morgan fingerprint density at radius 3 is 2.40 bits per heavy atom. The summed E-state index contributed by atoms with van der Waals surface area (Å²) < 4.78 is 51.2. The molecule has 2 nitrogen and oxygen atoms in total. The van der Waals surface area contributed by atoms with Crippen molar-refractivity contribution in [2.24, 2.45) is 5.41 Å². The van der Waals surface area contributed by atoms with Crippen LogP contribution in [0.2, 0.25) is 0 Å². The summed E-state index contributed by atoms with van der Waals surface area (Å²) in [7, 11) is 0. The van der Waals surface area contributed by atoms with Gasteiger partial charge in [-0.2, -0.15) is 13.2 Å². The number of rotatable bonds is 2. The van der Waals surface area contributed by atoms with E-state index in [2.05, 4.69) is 5.32 Å².